The zero-order valence-corrected chi connectivity index (χ0v) is 15.6. The van der Waals surface area contributed by atoms with Crippen LogP contribution in [0.3, 0.4) is 0 Å². The van der Waals surface area contributed by atoms with Gasteiger partial charge in [-0.2, -0.15) is 0 Å². The van der Waals surface area contributed by atoms with Crippen LogP contribution >= 0.6 is 0 Å². The number of amides is 2. The maximum atomic E-state index is 12.8. The van der Waals surface area contributed by atoms with Crippen LogP contribution in [-0.4, -0.2) is 53.6 Å². The summed E-state index contributed by atoms with van der Waals surface area (Å²) in [7, 11) is 0. The first-order valence-electron chi connectivity index (χ1n) is 9.44. The van der Waals surface area contributed by atoms with E-state index in [-0.39, 0.29) is 11.8 Å². The Hall–Kier alpha value is -2.41. The minimum Gasteiger partial charge on any atom is -0.480 e. The predicted molar refractivity (Wildman–Crippen MR) is 99.5 cm³/mol. The summed E-state index contributed by atoms with van der Waals surface area (Å²) in [5.41, 5.74) is 0.326. The van der Waals surface area contributed by atoms with Crippen molar-refractivity contribution in [1.82, 2.24) is 4.90 Å². The number of carboxylic acids is 1. The van der Waals surface area contributed by atoms with E-state index in [1.165, 1.54) is 4.90 Å². The number of nitrogens with zero attached hydrogens (tertiary/aromatic N) is 1. The second-order valence-corrected chi connectivity index (χ2v) is 7.60. The smallest absolute Gasteiger partial charge is 0.326 e. The van der Waals surface area contributed by atoms with Crippen molar-refractivity contribution in [2.45, 2.75) is 45.1 Å². The molecule has 1 aromatic carbocycles. The van der Waals surface area contributed by atoms with Crippen LogP contribution in [0.5, 0.6) is 0 Å². The zero-order valence-electron chi connectivity index (χ0n) is 15.6. The first-order chi connectivity index (χ1) is 12.9. The van der Waals surface area contributed by atoms with Gasteiger partial charge in [0.2, 0.25) is 5.91 Å². The van der Waals surface area contributed by atoms with Gasteiger partial charge in [-0.05, 0) is 57.2 Å². The third kappa shape index (κ3) is 4.30. The van der Waals surface area contributed by atoms with Crippen molar-refractivity contribution >= 4 is 23.5 Å². The Morgan fingerprint density at radius 1 is 1.26 bits per heavy atom. The Bertz CT molecular complexity index is 727. The lowest BCUT2D eigenvalue weighted by Gasteiger charge is -2.33. The molecule has 3 rings (SSSR count). The highest BCUT2D eigenvalue weighted by molar-refractivity contribution is 6.00. The first-order valence-corrected chi connectivity index (χ1v) is 9.44. The van der Waals surface area contributed by atoms with E-state index in [1.54, 1.807) is 24.3 Å². The number of hydrogen-bond donors (Lipinski definition) is 2. The molecule has 27 heavy (non-hydrogen) atoms. The van der Waals surface area contributed by atoms with E-state index in [4.69, 9.17) is 4.74 Å². The van der Waals surface area contributed by atoms with Crippen molar-refractivity contribution in [2.75, 3.05) is 25.1 Å². The van der Waals surface area contributed by atoms with Crippen LogP contribution in [0, 0.1) is 5.41 Å². The Morgan fingerprint density at radius 3 is 2.78 bits per heavy atom. The summed E-state index contributed by atoms with van der Waals surface area (Å²) in [6, 6.07) is 5.90. The van der Waals surface area contributed by atoms with Crippen LogP contribution in [0.4, 0.5) is 5.69 Å². The average Bonchev–Trinajstić information content (AvgIpc) is 2.68. The molecule has 7 nitrogen and oxygen atoms in total. The number of piperidine rings is 1. The second kappa shape index (κ2) is 8.08. The van der Waals surface area contributed by atoms with E-state index in [9.17, 15) is 19.5 Å². The largest absolute Gasteiger partial charge is 0.480 e. The molecule has 2 atom stereocenters. The molecule has 2 fully saturated rings. The van der Waals surface area contributed by atoms with E-state index in [0.717, 1.165) is 25.7 Å². The van der Waals surface area contributed by atoms with E-state index in [1.807, 2.05) is 6.92 Å². The molecule has 0 bridgehead atoms. The first kappa shape index (κ1) is 19.4. The number of carbonyl (C=O) groups excluding carboxylic acids is 2. The van der Waals surface area contributed by atoms with Gasteiger partial charge in [0.15, 0.2) is 0 Å². The molecule has 0 radical (unpaired) electrons. The standard InChI is InChI=1S/C20H26N2O5/c1-20(9-5-11-27-13-20)19(26)21-15-7-4-6-14(12-15)17(23)22-10-3-2-8-16(22)18(24)25/h4,6-7,12,16H,2-3,5,8-11,13H2,1H3,(H,21,26)(H,24,25). The Morgan fingerprint density at radius 2 is 2.07 bits per heavy atom. The number of likely N-dealkylation sites (tertiary alicyclic amines) is 1. The van der Waals surface area contributed by atoms with Gasteiger partial charge < -0.3 is 20.1 Å². The number of ether oxygens (including phenoxy) is 1. The number of carbonyl (C=O) groups is 3. The topological polar surface area (TPSA) is 95.9 Å². The highest BCUT2D eigenvalue weighted by Gasteiger charge is 2.36. The van der Waals surface area contributed by atoms with Crippen LogP contribution < -0.4 is 5.32 Å². The van der Waals surface area contributed by atoms with Gasteiger partial charge in [-0.1, -0.05) is 6.07 Å². The number of benzene rings is 1. The van der Waals surface area contributed by atoms with Crippen molar-refractivity contribution in [3.63, 3.8) is 0 Å². The summed E-state index contributed by atoms with van der Waals surface area (Å²) in [4.78, 5) is 38.4. The average molecular weight is 374 g/mol. The number of nitrogens with one attached hydrogen (secondary N) is 1. The number of hydrogen-bond acceptors (Lipinski definition) is 4. The molecule has 2 saturated heterocycles. The molecule has 2 N–H and O–H groups in total. The molecule has 0 aliphatic carbocycles. The van der Waals surface area contributed by atoms with Gasteiger partial charge in [0.05, 0.1) is 12.0 Å². The van der Waals surface area contributed by atoms with Crippen molar-refractivity contribution < 1.29 is 24.2 Å². The molecular weight excluding hydrogens is 348 g/mol. The van der Waals surface area contributed by atoms with Crippen molar-refractivity contribution in [2.24, 2.45) is 5.41 Å². The maximum absolute atomic E-state index is 12.8. The van der Waals surface area contributed by atoms with Crippen LogP contribution in [-0.2, 0) is 14.3 Å². The quantitative estimate of drug-likeness (QED) is 0.844. The Balaban J connectivity index is 1.74. The normalized spacial score (nSPS) is 25.7. The fourth-order valence-corrected chi connectivity index (χ4v) is 3.72. The van der Waals surface area contributed by atoms with Crippen molar-refractivity contribution in [1.29, 1.82) is 0 Å². The van der Waals surface area contributed by atoms with Gasteiger partial charge in [-0.3, -0.25) is 9.59 Å². The van der Waals surface area contributed by atoms with Gasteiger partial charge in [-0.15, -0.1) is 0 Å². The zero-order chi connectivity index (χ0) is 19.4. The monoisotopic (exact) mass is 374 g/mol. The van der Waals surface area contributed by atoms with Gasteiger partial charge in [0.25, 0.3) is 5.91 Å². The molecule has 2 heterocycles. The minimum absolute atomic E-state index is 0.131. The van der Waals surface area contributed by atoms with Gasteiger partial charge in [-0.25, -0.2) is 4.79 Å². The molecule has 7 heteroatoms. The van der Waals surface area contributed by atoms with Crippen LogP contribution in [0.15, 0.2) is 24.3 Å². The van der Waals surface area contributed by atoms with Crippen molar-refractivity contribution in [3.8, 4) is 0 Å². The lowest BCUT2D eigenvalue weighted by atomic mass is 9.84. The summed E-state index contributed by atoms with van der Waals surface area (Å²) >= 11 is 0. The second-order valence-electron chi connectivity index (χ2n) is 7.60. The summed E-state index contributed by atoms with van der Waals surface area (Å²) in [6.07, 6.45) is 3.66. The predicted octanol–water partition coefficient (Wildman–Crippen LogP) is 2.52. The van der Waals surface area contributed by atoms with Gasteiger partial charge in [0.1, 0.15) is 6.04 Å². The summed E-state index contributed by atoms with van der Waals surface area (Å²) in [5, 5.41) is 12.3. The van der Waals surface area contributed by atoms with Crippen LogP contribution in [0.1, 0.15) is 49.4 Å². The van der Waals surface area contributed by atoms with Gasteiger partial charge >= 0.3 is 5.97 Å². The fraction of sp³-hybridized carbons (Fsp3) is 0.550. The summed E-state index contributed by atoms with van der Waals surface area (Å²) in [6.45, 7) is 3.36. The third-order valence-electron chi connectivity index (χ3n) is 5.40. The summed E-state index contributed by atoms with van der Waals surface area (Å²) < 4.78 is 5.44. The molecule has 2 amide bonds. The lowest BCUT2D eigenvalue weighted by Crippen LogP contribution is -2.48. The molecule has 146 valence electrons. The van der Waals surface area contributed by atoms with Gasteiger partial charge in [0, 0.05) is 24.4 Å². The molecule has 2 aliphatic heterocycles. The number of rotatable bonds is 4. The Labute approximate surface area is 158 Å². The molecule has 2 unspecified atom stereocenters. The Kier molecular flexibility index (Phi) is 5.79. The third-order valence-corrected chi connectivity index (χ3v) is 5.40. The van der Waals surface area contributed by atoms with Crippen molar-refractivity contribution in [3.05, 3.63) is 29.8 Å². The van der Waals surface area contributed by atoms with E-state index < -0.39 is 17.4 Å². The number of aliphatic carboxylic acids is 1. The van der Waals surface area contributed by atoms with Crippen LogP contribution in [0.25, 0.3) is 0 Å². The molecule has 1 aromatic rings. The van der Waals surface area contributed by atoms with E-state index >= 15 is 0 Å². The molecule has 0 spiro atoms. The fourth-order valence-electron chi connectivity index (χ4n) is 3.72. The molecule has 0 aromatic heterocycles. The number of anilines is 1. The van der Waals surface area contributed by atoms with E-state index in [0.29, 0.717) is 37.4 Å². The summed E-state index contributed by atoms with van der Waals surface area (Å²) in [5.74, 6) is -1.42. The maximum Gasteiger partial charge on any atom is 0.326 e. The number of carboxylic acid groups (broad SMARTS) is 1. The molecular formula is C20H26N2O5. The lowest BCUT2D eigenvalue weighted by molar-refractivity contribution is -0.143. The highest BCUT2D eigenvalue weighted by Crippen LogP contribution is 2.30. The molecule has 0 saturated carbocycles. The SMILES string of the molecule is CC1(C(=O)Nc2cccc(C(=O)N3CCCCC3C(=O)O)c2)CCCOC1. The highest BCUT2D eigenvalue weighted by atomic mass is 16.5. The van der Waals surface area contributed by atoms with E-state index in [2.05, 4.69) is 5.32 Å². The minimum atomic E-state index is -0.974. The molecule has 2 aliphatic rings. The van der Waals surface area contributed by atoms with Crippen LogP contribution in [0.2, 0.25) is 0 Å².